The van der Waals surface area contributed by atoms with E-state index in [1.165, 1.54) is 0 Å². The Morgan fingerprint density at radius 1 is 1.44 bits per heavy atom. The van der Waals surface area contributed by atoms with Crippen LogP contribution in [-0.2, 0) is 4.79 Å². The molecule has 4 heteroatoms. The first-order chi connectivity index (χ1) is 7.63. The molecule has 1 saturated carbocycles. The zero-order valence-electron chi connectivity index (χ0n) is 9.98. The van der Waals surface area contributed by atoms with Crippen molar-refractivity contribution in [1.82, 2.24) is 5.32 Å². The first-order valence-electron chi connectivity index (χ1n) is 6.21. The third-order valence-electron chi connectivity index (χ3n) is 3.28. The summed E-state index contributed by atoms with van der Waals surface area (Å²) < 4.78 is 0. The molecule has 1 amide bonds. The van der Waals surface area contributed by atoms with Gasteiger partial charge in [-0.3, -0.25) is 4.79 Å². The highest BCUT2D eigenvalue weighted by molar-refractivity contribution is 5.76. The molecule has 0 aromatic rings. The summed E-state index contributed by atoms with van der Waals surface area (Å²) in [5.74, 6) is 0.204. The molecule has 4 nitrogen and oxygen atoms in total. The van der Waals surface area contributed by atoms with Gasteiger partial charge in [-0.05, 0) is 26.2 Å². The van der Waals surface area contributed by atoms with Gasteiger partial charge in [0.25, 0.3) is 0 Å². The Labute approximate surface area is 97.0 Å². The average molecular weight is 229 g/mol. The molecule has 0 aromatic carbocycles. The van der Waals surface area contributed by atoms with Gasteiger partial charge < -0.3 is 15.5 Å². The molecular weight excluding hydrogens is 206 g/mol. The Bertz CT molecular complexity index is 218. The van der Waals surface area contributed by atoms with Gasteiger partial charge in [0, 0.05) is 25.0 Å². The van der Waals surface area contributed by atoms with Crippen LogP contribution in [-0.4, -0.2) is 34.9 Å². The molecule has 0 spiro atoms. The molecule has 16 heavy (non-hydrogen) atoms. The molecular formula is C12H23NO3. The first-order valence-corrected chi connectivity index (χ1v) is 6.21. The highest BCUT2D eigenvalue weighted by Crippen LogP contribution is 2.24. The summed E-state index contributed by atoms with van der Waals surface area (Å²) in [5, 5.41) is 21.3. The normalized spacial score (nSPS) is 27.4. The molecule has 0 bridgehead atoms. The molecule has 3 unspecified atom stereocenters. The van der Waals surface area contributed by atoms with Gasteiger partial charge in [-0.1, -0.05) is 12.8 Å². The lowest BCUT2D eigenvalue weighted by Crippen LogP contribution is -2.43. The molecule has 0 heterocycles. The molecule has 0 aromatic heterocycles. The Hall–Kier alpha value is -0.610. The van der Waals surface area contributed by atoms with E-state index in [1.54, 1.807) is 6.92 Å². The van der Waals surface area contributed by atoms with Crippen LogP contribution in [0.25, 0.3) is 0 Å². The number of rotatable bonds is 5. The van der Waals surface area contributed by atoms with Crippen molar-refractivity contribution in [1.29, 1.82) is 0 Å². The van der Waals surface area contributed by atoms with Gasteiger partial charge in [0.1, 0.15) is 0 Å². The number of hydrogen-bond donors (Lipinski definition) is 3. The number of carbonyl (C=O) groups excluding carboxylic acids is 1. The highest BCUT2D eigenvalue weighted by atomic mass is 16.3. The smallest absolute Gasteiger partial charge is 0.220 e. The molecule has 1 fully saturated rings. The number of aliphatic hydroxyl groups is 2. The molecule has 0 radical (unpaired) electrons. The van der Waals surface area contributed by atoms with E-state index >= 15 is 0 Å². The van der Waals surface area contributed by atoms with Crippen molar-refractivity contribution >= 4 is 5.91 Å². The maximum absolute atomic E-state index is 11.6. The third kappa shape index (κ3) is 4.49. The summed E-state index contributed by atoms with van der Waals surface area (Å²) in [7, 11) is 0. The van der Waals surface area contributed by atoms with E-state index in [1.807, 2.05) is 0 Å². The predicted molar refractivity (Wildman–Crippen MR) is 61.9 cm³/mol. The summed E-state index contributed by atoms with van der Waals surface area (Å²) in [5.41, 5.74) is 0. The van der Waals surface area contributed by atoms with Crippen LogP contribution in [0.4, 0.5) is 0 Å². The maximum atomic E-state index is 11.6. The minimum Gasteiger partial charge on any atom is -0.396 e. The Kier molecular flexibility index (Phi) is 5.77. The van der Waals surface area contributed by atoms with Gasteiger partial charge in [0.15, 0.2) is 0 Å². The molecule has 3 atom stereocenters. The van der Waals surface area contributed by atoms with Gasteiger partial charge in [-0.2, -0.15) is 0 Å². The number of hydrogen-bond acceptors (Lipinski definition) is 3. The van der Waals surface area contributed by atoms with Crippen LogP contribution in [0.3, 0.4) is 0 Å². The fraction of sp³-hybridized carbons (Fsp3) is 0.917. The molecule has 0 saturated heterocycles. The second-order valence-electron chi connectivity index (χ2n) is 4.79. The molecule has 1 rings (SSSR count). The van der Waals surface area contributed by atoms with E-state index in [0.717, 1.165) is 25.7 Å². The number of amides is 1. The summed E-state index contributed by atoms with van der Waals surface area (Å²) in [6, 6.07) is 0.125. The maximum Gasteiger partial charge on any atom is 0.220 e. The molecule has 94 valence electrons. The van der Waals surface area contributed by atoms with Crippen molar-refractivity contribution in [2.75, 3.05) is 6.61 Å². The number of aliphatic hydroxyl groups excluding tert-OH is 2. The SMILES string of the molecule is CC(O)CCC(=O)NC1CCCCC1CO. The minimum absolute atomic E-state index is 0.00810. The molecule has 3 N–H and O–H groups in total. The monoisotopic (exact) mass is 229 g/mol. The van der Waals surface area contributed by atoms with E-state index in [4.69, 9.17) is 5.11 Å². The Morgan fingerprint density at radius 2 is 2.12 bits per heavy atom. The number of carbonyl (C=O) groups is 1. The lowest BCUT2D eigenvalue weighted by Gasteiger charge is -2.30. The summed E-state index contributed by atoms with van der Waals surface area (Å²) >= 11 is 0. The van der Waals surface area contributed by atoms with Crippen LogP contribution in [0.2, 0.25) is 0 Å². The van der Waals surface area contributed by atoms with Crippen LogP contribution in [0, 0.1) is 5.92 Å². The quantitative estimate of drug-likeness (QED) is 0.653. The van der Waals surface area contributed by atoms with Crippen molar-refractivity contribution < 1.29 is 15.0 Å². The average Bonchev–Trinajstić information content (AvgIpc) is 2.27. The van der Waals surface area contributed by atoms with E-state index in [9.17, 15) is 9.90 Å². The van der Waals surface area contributed by atoms with Gasteiger partial charge in [0.05, 0.1) is 6.10 Å². The van der Waals surface area contributed by atoms with E-state index < -0.39 is 6.10 Å². The Balaban J connectivity index is 2.30. The lowest BCUT2D eigenvalue weighted by molar-refractivity contribution is -0.123. The topological polar surface area (TPSA) is 69.6 Å². The fourth-order valence-corrected chi connectivity index (χ4v) is 2.24. The van der Waals surface area contributed by atoms with Crippen molar-refractivity contribution in [2.45, 2.75) is 57.6 Å². The second-order valence-corrected chi connectivity index (χ2v) is 4.79. The van der Waals surface area contributed by atoms with Crippen LogP contribution in [0.1, 0.15) is 45.4 Å². The van der Waals surface area contributed by atoms with E-state index in [-0.39, 0.29) is 24.5 Å². The lowest BCUT2D eigenvalue weighted by atomic mass is 9.85. The van der Waals surface area contributed by atoms with Gasteiger partial charge in [-0.15, -0.1) is 0 Å². The van der Waals surface area contributed by atoms with E-state index in [0.29, 0.717) is 12.8 Å². The zero-order valence-corrected chi connectivity index (χ0v) is 9.98. The highest BCUT2D eigenvalue weighted by Gasteiger charge is 2.25. The first kappa shape index (κ1) is 13.5. The number of nitrogens with one attached hydrogen (secondary N) is 1. The zero-order chi connectivity index (χ0) is 12.0. The standard InChI is InChI=1S/C12H23NO3/c1-9(15)6-7-12(16)13-11-5-3-2-4-10(11)8-14/h9-11,14-15H,2-8H2,1H3,(H,13,16). The van der Waals surface area contributed by atoms with E-state index in [2.05, 4.69) is 5.32 Å². The van der Waals surface area contributed by atoms with Gasteiger partial charge in [-0.25, -0.2) is 0 Å². The minimum atomic E-state index is -0.425. The largest absolute Gasteiger partial charge is 0.396 e. The van der Waals surface area contributed by atoms with Crippen LogP contribution >= 0.6 is 0 Å². The van der Waals surface area contributed by atoms with Crippen molar-refractivity contribution in [2.24, 2.45) is 5.92 Å². The Morgan fingerprint density at radius 3 is 2.75 bits per heavy atom. The predicted octanol–water partition coefficient (Wildman–Crippen LogP) is 0.815. The van der Waals surface area contributed by atoms with Crippen molar-refractivity contribution in [3.63, 3.8) is 0 Å². The molecule has 1 aliphatic carbocycles. The van der Waals surface area contributed by atoms with Gasteiger partial charge >= 0.3 is 0 Å². The van der Waals surface area contributed by atoms with Crippen LogP contribution < -0.4 is 5.32 Å². The summed E-state index contributed by atoms with van der Waals surface area (Å²) in [4.78, 5) is 11.6. The summed E-state index contributed by atoms with van der Waals surface area (Å²) in [6.07, 6.45) is 4.67. The van der Waals surface area contributed by atoms with Crippen molar-refractivity contribution in [3.05, 3.63) is 0 Å². The van der Waals surface area contributed by atoms with Crippen LogP contribution in [0.5, 0.6) is 0 Å². The van der Waals surface area contributed by atoms with Gasteiger partial charge in [0.2, 0.25) is 5.91 Å². The van der Waals surface area contributed by atoms with Crippen molar-refractivity contribution in [3.8, 4) is 0 Å². The third-order valence-corrected chi connectivity index (χ3v) is 3.28. The fourth-order valence-electron chi connectivity index (χ4n) is 2.24. The summed E-state index contributed by atoms with van der Waals surface area (Å²) in [6.45, 7) is 1.84. The molecule has 0 aliphatic heterocycles. The second kappa shape index (κ2) is 6.86. The van der Waals surface area contributed by atoms with Crippen LogP contribution in [0.15, 0.2) is 0 Å². The molecule has 1 aliphatic rings.